The Labute approximate surface area is 194 Å². The fraction of sp³-hybridized carbons (Fsp3) is 0.565. The van der Waals surface area contributed by atoms with Gasteiger partial charge >= 0.3 is 5.97 Å². The number of esters is 1. The molecule has 1 atom stereocenters. The third-order valence-corrected chi connectivity index (χ3v) is 5.95. The molecule has 0 aromatic heterocycles. The van der Waals surface area contributed by atoms with Gasteiger partial charge in [0.1, 0.15) is 17.9 Å². The zero-order valence-corrected chi connectivity index (χ0v) is 19.2. The third-order valence-electron chi connectivity index (χ3n) is 5.61. The van der Waals surface area contributed by atoms with Crippen LogP contribution in [0.5, 0.6) is 5.75 Å². The first-order valence-corrected chi connectivity index (χ1v) is 11.7. The zero-order valence-electron chi connectivity index (χ0n) is 18.4. The molecule has 3 rings (SSSR count). The first-order chi connectivity index (χ1) is 15.5. The second-order valence-electron chi connectivity index (χ2n) is 8.09. The Morgan fingerprint density at radius 3 is 2.59 bits per heavy atom. The van der Waals surface area contributed by atoms with E-state index in [1.807, 2.05) is 6.92 Å². The van der Waals surface area contributed by atoms with Crippen LogP contribution in [-0.2, 0) is 14.3 Å². The number of nitrogens with zero attached hydrogens (tertiary/aromatic N) is 1. The molecule has 174 valence electrons. The number of rotatable bonds is 7. The van der Waals surface area contributed by atoms with Crippen molar-refractivity contribution >= 4 is 35.1 Å². The van der Waals surface area contributed by atoms with Gasteiger partial charge in [0.15, 0.2) is 5.11 Å². The van der Waals surface area contributed by atoms with E-state index < -0.39 is 12.0 Å². The van der Waals surface area contributed by atoms with Gasteiger partial charge in [0.05, 0.1) is 13.0 Å². The molecule has 9 heteroatoms. The Hall–Kier alpha value is -2.68. The van der Waals surface area contributed by atoms with E-state index in [1.165, 1.54) is 0 Å². The molecule has 2 fully saturated rings. The summed E-state index contributed by atoms with van der Waals surface area (Å²) in [5.74, 6) is -0.409. The normalized spacial score (nSPS) is 19.1. The fourth-order valence-corrected chi connectivity index (χ4v) is 4.21. The Morgan fingerprint density at radius 2 is 1.91 bits per heavy atom. The van der Waals surface area contributed by atoms with E-state index in [1.54, 1.807) is 29.2 Å². The molecule has 2 aliphatic rings. The average molecular weight is 462 g/mol. The van der Waals surface area contributed by atoms with Gasteiger partial charge in [-0.05, 0) is 68.6 Å². The maximum Gasteiger partial charge on any atom is 0.308 e. The van der Waals surface area contributed by atoms with Gasteiger partial charge in [-0.3, -0.25) is 19.7 Å². The van der Waals surface area contributed by atoms with Crippen LogP contribution in [0.25, 0.3) is 0 Å². The summed E-state index contributed by atoms with van der Waals surface area (Å²) in [5.41, 5.74) is 0.422. The van der Waals surface area contributed by atoms with Crippen LogP contribution >= 0.6 is 12.2 Å². The molecule has 1 aliphatic carbocycles. The van der Waals surface area contributed by atoms with Gasteiger partial charge in [-0.1, -0.05) is 13.3 Å². The minimum atomic E-state index is -0.808. The molecule has 1 aromatic carbocycles. The molecule has 2 amide bonds. The summed E-state index contributed by atoms with van der Waals surface area (Å²) in [4.78, 5) is 39.2. The molecule has 1 aliphatic heterocycles. The lowest BCUT2D eigenvalue weighted by Gasteiger charge is -2.36. The number of nitrogens with one attached hydrogen (secondary N) is 2. The lowest BCUT2D eigenvalue weighted by molar-refractivity contribution is -0.153. The van der Waals surface area contributed by atoms with Gasteiger partial charge in [-0.15, -0.1) is 0 Å². The molecular weight excluding hydrogens is 430 g/mol. The molecule has 0 radical (unpaired) electrons. The summed E-state index contributed by atoms with van der Waals surface area (Å²) >= 11 is 5.41. The number of piperazine rings is 1. The highest BCUT2D eigenvalue weighted by atomic mass is 32.1. The highest BCUT2D eigenvalue weighted by molar-refractivity contribution is 7.80. The van der Waals surface area contributed by atoms with Crippen LogP contribution in [0.3, 0.4) is 0 Å². The first kappa shape index (κ1) is 24.0. The highest BCUT2D eigenvalue weighted by Gasteiger charge is 2.35. The minimum absolute atomic E-state index is 0.0766. The van der Waals surface area contributed by atoms with E-state index in [0.29, 0.717) is 31.0 Å². The number of benzene rings is 1. The number of carbonyl (C=O) groups is 3. The summed E-state index contributed by atoms with van der Waals surface area (Å²) in [7, 11) is 0. The van der Waals surface area contributed by atoms with Crippen molar-refractivity contribution in [3.63, 3.8) is 0 Å². The second kappa shape index (κ2) is 11.8. The molecule has 2 N–H and O–H groups in total. The molecular formula is C23H31N3O5S. The van der Waals surface area contributed by atoms with Crippen LogP contribution in [-0.4, -0.2) is 59.6 Å². The van der Waals surface area contributed by atoms with E-state index in [9.17, 15) is 14.4 Å². The van der Waals surface area contributed by atoms with Gasteiger partial charge in [0.25, 0.3) is 5.91 Å². The van der Waals surface area contributed by atoms with E-state index in [-0.39, 0.29) is 29.5 Å². The Bertz CT molecular complexity index is 823. The molecule has 32 heavy (non-hydrogen) atoms. The van der Waals surface area contributed by atoms with Crippen LogP contribution in [0.2, 0.25) is 0 Å². The first-order valence-electron chi connectivity index (χ1n) is 11.3. The van der Waals surface area contributed by atoms with Gasteiger partial charge in [-0.2, -0.15) is 0 Å². The van der Waals surface area contributed by atoms with Crippen LogP contribution < -0.4 is 15.4 Å². The smallest absolute Gasteiger partial charge is 0.308 e. The summed E-state index contributed by atoms with van der Waals surface area (Å²) < 4.78 is 11.1. The predicted molar refractivity (Wildman–Crippen MR) is 123 cm³/mol. The molecule has 1 heterocycles. The van der Waals surface area contributed by atoms with Crippen molar-refractivity contribution < 1.29 is 23.9 Å². The van der Waals surface area contributed by atoms with Gasteiger partial charge in [0, 0.05) is 18.7 Å². The van der Waals surface area contributed by atoms with Gasteiger partial charge < -0.3 is 19.7 Å². The number of thiocarbonyl (C=S) groups is 1. The molecule has 1 unspecified atom stereocenters. The Balaban J connectivity index is 1.58. The summed E-state index contributed by atoms with van der Waals surface area (Å²) in [6.07, 6.45) is 5.71. The fourth-order valence-electron chi connectivity index (χ4n) is 3.90. The van der Waals surface area contributed by atoms with Crippen molar-refractivity contribution in [2.75, 3.05) is 19.7 Å². The molecule has 0 spiro atoms. The number of ether oxygens (including phenoxy) is 2. The Kier molecular flexibility index (Phi) is 8.84. The van der Waals surface area contributed by atoms with Crippen molar-refractivity contribution in [1.82, 2.24) is 15.5 Å². The topological polar surface area (TPSA) is 97.0 Å². The predicted octanol–water partition coefficient (Wildman–Crippen LogP) is 2.56. The number of hydrogen-bond donors (Lipinski definition) is 2. The van der Waals surface area contributed by atoms with E-state index in [0.717, 1.165) is 38.5 Å². The van der Waals surface area contributed by atoms with Gasteiger partial charge in [-0.25, -0.2) is 0 Å². The van der Waals surface area contributed by atoms with Crippen LogP contribution in [0, 0.1) is 0 Å². The van der Waals surface area contributed by atoms with E-state index >= 15 is 0 Å². The summed E-state index contributed by atoms with van der Waals surface area (Å²) in [6, 6.07) is 5.96. The number of hydrogen-bond acceptors (Lipinski definition) is 6. The van der Waals surface area contributed by atoms with Crippen LogP contribution in [0.15, 0.2) is 24.3 Å². The summed E-state index contributed by atoms with van der Waals surface area (Å²) in [6.45, 7) is 3.41. The largest absolute Gasteiger partial charge is 0.494 e. The monoisotopic (exact) mass is 461 g/mol. The Morgan fingerprint density at radius 1 is 1.19 bits per heavy atom. The van der Waals surface area contributed by atoms with E-state index in [4.69, 9.17) is 21.7 Å². The average Bonchev–Trinajstić information content (AvgIpc) is 2.80. The maximum absolute atomic E-state index is 12.6. The van der Waals surface area contributed by atoms with Crippen molar-refractivity contribution in [3.8, 4) is 5.75 Å². The van der Waals surface area contributed by atoms with Crippen molar-refractivity contribution in [2.24, 2.45) is 0 Å². The SMILES string of the molecule is CCCOc1ccc(C(=O)NC(=S)N2CCNC(=O)C2CC(=O)OC2CCCCC2)cc1. The summed E-state index contributed by atoms with van der Waals surface area (Å²) in [5, 5.41) is 5.56. The lowest BCUT2D eigenvalue weighted by Crippen LogP contribution is -2.60. The number of amides is 2. The van der Waals surface area contributed by atoms with Crippen molar-refractivity contribution in [2.45, 2.75) is 64.0 Å². The van der Waals surface area contributed by atoms with Crippen molar-refractivity contribution in [1.29, 1.82) is 0 Å². The molecule has 8 nitrogen and oxygen atoms in total. The van der Waals surface area contributed by atoms with Crippen LogP contribution in [0.4, 0.5) is 0 Å². The second-order valence-corrected chi connectivity index (χ2v) is 8.47. The van der Waals surface area contributed by atoms with Crippen LogP contribution in [0.1, 0.15) is 62.2 Å². The molecule has 1 saturated carbocycles. The molecule has 1 saturated heterocycles. The molecule has 1 aromatic rings. The standard InChI is InChI=1S/C23H31N3O5S/c1-2-14-30-17-10-8-16(9-11-17)21(28)25-23(32)26-13-12-24-22(29)19(26)15-20(27)31-18-6-4-3-5-7-18/h8-11,18-19H,2-7,12-15H2,1H3,(H,24,29)(H,25,28,32). The van der Waals surface area contributed by atoms with E-state index in [2.05, 4.69) is 10.6 Å². The maximum atomic E-state index is 12.6. The third kappa shape index (κ3) is 6.66. The van der Waals surface area contributed by atoms with Gasteiger partial charge in [0.2, 0.25) is 5.91 Å². The highest BCUT2D eigenvalue weighted by Crippen LogP contribution is 2.21. The minimum Gasteiger partial charge on any atom is -0.494 e. The number of carbonyl (C=O) groups excluding carboxylic acids is 3. The lowest BCUT2D eigenvalue weighted by atomic mass is 9.98. The van der Waals surface area contributed by atoms with Crippen molar-refractivity contribution in [3.05, 3.63) is 29.8 Å². The molecule has 0 bridgehead atoms. The zero-order chi connectivity index (χ0) is 22.9. The quantitative estimate of drug-likeness (QED) is 0.476.